The molecule has 0 aromatic heterocycles. The van der Waals surface area contributed by atoms with E-state index < -0.39 is 29.8 Å². The molecule has 0 fully saturated rings. The van der Waals surface area contributed by atoms with Gasteiger partial charge in [0.15, 0.2) is 0 Å². The third-order valence-corrected chi connectivity index (χ3v) is 6.96. The maximum Gasteiger partial charge on any atom is 0.322 e. The van der Waals surface area contributed by atoms with Gasteiger partial charge in [0.25, 0.3) is 0 Å². The first-order chi connectivity index (χ1) is 22.8. The number of carbonyl (C=O) groups is 4. The van der Waals surface area contributed by atoms with Gasteiger partial charge in [-0.05, 0) is 14.1 Å². The Morgan fingerprint density at radius 3 is 1.29 bits per heavy atom. The molecule has 0 saturated heterocycles. The number of hydrogen-bond donors (Lipinski definition) is 7. The van der Waals surface area contributed by atoms with Gasteiger partial charge in [-0.2, -0.15) is 19.1 Å². The Labute approximate surface area is 287 Å². The van der Waals surface area contributed by atoms with Crippen molar-refractivity contribution in [2.45, 2.75) is 0 Å². The molecule has 4 unspecified atom stereocenters. The Morgan fingerprint density at radius 1 is 0.562 bits per heavy atom. The van der Waals surface area contributed by atoms with Gasteiger partial charge in [0.1, 0.15) is 17.8 Å². The van der Waals surface area contributed by atoms with Crippen molar-refractivity contribution < 1.29 is 38.4 Å². The predicted octanol–water partition coefficient (Wildman–Crippen LogP) is -0.315. The Morgan fingerprint density at radius 2 is 0.958 bits per heavy atom. The molecule has 0 spiro atoms. The van der Waals surface area contributed by atoms with Gasteiger partial charge in [-0.1, -0.05) is 0 Å². The van der Waals surface area contributed by atoms with Crippen molar-refractivity contribution in [1.82, 2.24) is 55.9 Å². The van der Waals surface area contributed by atoms with Gasteiger partial charge in [-0.3, -0.25) is 15.5 Å². The highest BCUT2D eigenvalue weighted by atomic mass is 31.1. The van der Waals surface area contributed by atoms with E-state index in [1.165, 1.54) is 58.0 Å². The molecule has 0 rings (SSSR count). The van der Waals surface area contributed by atoms with Gasteiger partial charge in [0.05, 0.1) is 15.6 Å². The molecule has 7 N–H and O–H groups in total. The van der Waals surface area contributed by atoms with Gasteiger partial charge in [0, 0.05) is 79.0 Å². The normalized spacial score (nSPS) is 9.50. The van der Waals surface area contributed by atoms with Gasteiger partial charge in [-0.15, -0.1) is 0 Å². The second-order valence-electron chi connectivity index (χ2n) is 8.01. The highest BCUT2D eigenvalue weighted by molar-refractivity contribution is 7.36. The summed E-state index contributed by atoms with van der Waals surface area (Å²) in [6.07, 6.45) is 7.02. The monoisotopic (exact) mass is 777 g/mol. The van der Waals surface area contributed by atoms with Crippen molar-refractivity contribution >= 4 is 92.6 Å². The minimum Gasteiger partial charge on any atom is -0.331 e. The molecule has 8 amide bonds. The number of nitrogens with zero attached hydrogens (tertiary/aromatic N) is 8. The highest BCUT2D eigenvalue weighted by Crippen LogP contribution is 2.06. The van der Waals surface area contributed by atoms with Crippen molar-refractivity contribution in [3.63, 3.8) is 0 Å². The zero-order chi connectivity index (χ0) is 37.6. The Kier molecular flexibility index (Phi) is 42.7. The first-order valence-electron chi connectivity index (χ1n) is 12.8. The van der Waals surface area contributed by atoms with Crippen LogP contribution in [0.25, 0.3) is 0 Å². The van der Waals surface area contributed by atoms with Crippen molar-refractivity contribution in [1.29, 1.82) is 0 Å². The number of rotatable bonds is 16. The van der Waals surface area contributed by atoms with E-state index in [0.717, 1.165) is 19.2 Å². The summed E-state index contributed by atoms with van der Waals surface area (Å²) in [5.41, 5.74) is 0. The largest absolute Gasteiger partial charge is 0.331 e. The van der Waals surface area contributed by atoms with Crippen LogP contribution in [0.2, 0.25) is 0 Å². The van der Waals surface area contributed by atoms with Crippen molar-refractivity contribution in [2.75, 3.05) is 82.3 Å². The molecule has 0 aromatic rings. The molecule has 0 saturated carbocycles. The predicted molar refractivity (Wildman–Crippen MR) is 192 cm³/mol. The molecule has 0 aliphatic carbocycles. The number of nitrogens with one attached hydrogen (secondary N) is 7. The molecule has 0 aliphatic rings. The van der Waals surface area contributed by atoms with Crippen molar-refractivity contribution in [3.8, 4) is 0 Å². The summed E-state index contributed by atoms with van der Waals surface area (Å²) in [6.45, 7) is 0.754. The lowest BCUT2D eigenvalue weighted by Crippen LogP contribution is -2.44. The molecule has 0 bridgehead atoms. The fraction of sp³-hybridized carbons (Fsp3) is 0.600. The average molecular weight is 778 g/mol. The molecule has 23 nitrogen and oxygen atoms in total. The van der Waals surface area contributed by atoms with Crippen LogP contribution in [0.1, 0.15) is 0 Å². The summed E-state index contributed by atoms with van der Waals surface area (Å²) in [5, 5.41) is 18.5. The molecule has 4 atom stereocenters. The number of amides is 8. The summed E-state index contributed by atoms with van der Waals surface area (Å²) >= 11 is 0. The lowest BCUT2D eigenvalue weighted by Gasteiger charge is -2.24. The topological polar surface area (TPSA) is 283 Å². The molecule has 0 radical (unpaired) electrons. The van der Waals surface area contributed by atoms with E-state index in [2.05, 4.69) is 55.4 Å². The van der Waals surface area contributed by atoms with Crippen molar-refractivity contribution in [2.24, 2.45) is 19.1 Å². The molecule has 48 heavy (non-hydrogen) atoms. The first-order valence-corrected chi connectivity index (χ1v) is 18.0. The summed E-state index contributed by atoms with van der Waals surface area (Å²) in [7, 11) is 12.8. The van der Waals surface area contributed by atoms with Crippen LogP contribution < -0.4 is 36.3 Å². The third-order valence-electron chi connectivity index (χ3n) is 3.81. The zero-order valence-corrected chi connectivity index (χ0v) is 32.7. The number of urea groups is 4. The fourth-order valence-corrected chi connectivity index (χ4v) is 3.84. The van der Waals surface area contributed by atoms with Gasteiger partial charge in [0.2, 0.25) is 24.3 Å². The molecular weight excluding hydrogens is 733 g/mol. The Hall–Kier alpha value is -3.37. The average Bonchev–Trinajstić information content (AvgIpc) is 3.05. The molecular formula is C20H44N15O8P5. The molecule has 0 heterocycles. The van der Waals surface area contributed by atoms with Crippen LogP contribution in [0.3, 0.4) is 0 Å². The Bertz CT molecular complexity index is 1040. The molecule has 272 valence electrons. The van der Waals surface area contributed by atoms with E-state index in [9.17, 15) is 38.4 Å². The van der Waals surface area contributed by atoms with Crippen LogP contribution in [0.5, 0.6) is 0 Å². The van der Waals surface area contributed by atoms with Crippen LogP contribution >= 0.6 is 44.1 Å². The van der Waals surface area contributed by atoms with Crippen LogP contribution in [0.4, 0.5) is 19.2 Å². The highest BCUT2D eigenvalue weighted by Gasteiger charge is 2.14. The van der Waals surface area contributed by atoms with Gasteiger partial charge < -0.3 is 40.4 Å². The summed E-state index contributed by atoms with van der Waals surface area (Å²) in [4.78, 5) is 88.5. The van der Waals surface area contributed by atoms with E-state index >= 15 is 0 Å². The van der Waals surface area contributed by atoms with Crippen LogP contribution in [-0.4, -0.2) is 150 Å². The zero-order valence-electron chi connectivity index (χ0n) is 27.7. The van der Waals surface area contributed by atoms with Gasteiger partial charge >= 0.3 is 24.1 Å². The molecule has 28 heteroatoms. The van der Waals surface area contributed by atoms with E-state index in [1.807, 2.05) is 14.1 Å². The van der Waals surface area contributed by atoms with Gasteiger partial charge in [-0.25, -0.2) is 38.4 Å². The number of isocyanates is 4. The molecule has 0 aliphatic heterocycles. The summed E-state index contributed by atoms with van der Waals surface area (Å²) in [6, 6.07) is -1.44. The van der Waals surface area contributed by atoms with E-state index in [1.54, 1.807) is 28.2 Å². The lowest BCUT2D eigenvalue weighted by atomic mass is 10.7. The SMILES string of the molecule is CN(C)C(=O)NPNC(=O)N(C)C.CN(CN(C)C(=O)NPN=C=O)C(=O)NPN=C=O.CNCNCPN=C=O.CNCPN=C=O. The fourth-order valence-electron chi connectivity index (χ4n) is 1.66. The third kappa shape index (κ3) is 40.7. The van der Waals surface area contributed by atoms with Crippen LogP contribution in [0.15, 0.2) is 19.1 Å². The number of hydrogen-bond acceptors (Lipinski definition) is 15. The molecule has 0 aromatic carbocycles. The van der Waals surface area contributed by atoms with Crippen molar-refractivity contribution in [3.05, 3.63) is 0 Å². The summed E-state index contributed by atoms with van der Waals surface area (Å²) in [5.74, 6) is 0. The van der Waals surface area contributed by atoms with E-state index in [0.29, 0.717) is 17.5 Å². The van der Waals surface area contributed by atoms with E-state index in [-0.39, 0.29) is 27.6 Å². The second-order valence-corrected chi connectivity index (χ2v) is 11.9. The quantitative estimate of drug-likeness (QED) is 0.0351. The Balaban J connectivity index is -0.000000289. The summed E-state index contributed by atoms with van der Waals surface area (Å²) < 4.78 is 13.1. The lowest BCUT2D eigenvalue weighted by molar-refractivity contribution is 0.174. The van der Waals surface area contributed by atoms with E-state index in [4.69, 9.17) is 0 Å². The minimum atomic E-state index is -0.495. The maximum absolute atomic E-state index is 11.4. The number of carbonyl (C=O) groups excluding carboxylic acids is 8. The minimum absolute atomic E-state index is 0.00222. The second kappa shape index (κ2) is 39.8. The van der Waals surface area contributed by atoms with Crippen LogP contribution in [0, 0.1) is 0 Å². The maximum atomic E-state index is 11.4. The standard InChI is InChI=1S/C7H12N6O4P2.C6H15N4O2P.C4H10N3OP.C3H7N2OP/c1-12(6(16)10-18-8-3-14)5-13(2)7(17)11-19-9-4-15;1-9(2)5(11)7-13-8-6(12)10(3)4;1-5-2-6-4-9-7-3-8;1-4-3-7-5-2-6/h18-19H,5H2,1-2H3,(H,10,16)(H,11,17);13H,1-4H3,(H,7,11)(H,8,12);5-6,9H,2,4H2,1H3;4,7H,3H2,1H3. The smallest absolute Gasteiger partial charge is 0.322 e. The van der Waals surface area contributed by atoms with Crippen LogP contribution in [-0.2, 0) is 19.2 Å². The first kappa shape index (κ1) is 51.5.